The standard InChI is InChI=1S/C11H10O4/c12-10-6-9(15-10)7-14-11(13)8-4-2-1-3-5-8/h1-5,9H,6-7H2/t9-/m0/s1. The number of hydrogen-bond donors (Lipinski definition) is 0. The van der Waals surface area contributed by atoms with Crippen molar-refractivity contribution in [2.45, 2.75) is 12.5 Å². The van der Waals surface area contributed by atoms with E-state index < -0.39 is 5.97 Å². The number of esters is 2. The maximum atomic E-state index is 11.4. The molecule has 1 heterocycles. The average Bonchev–Trinajstić information content (AvgIpc) is 2.23. The average molecular weight is 206 g/mol. The lowest BCUT2D eigenvalue weighted by Gasteiger charge is -2.24. The van der Waals surface area contributed by atoms with Gasteiger partial charge in [-0.05, 0) is 12.1 Å². The minimum Gasteiger partial charge on any atom is -0.458 e. The molecule has 0 aromatic heterocycles. The zero-order valence-electron chi connectivity index (χ0n) is 8.01. The molecule has 1 aliphatic heterocycles. The highest BCUT2D eigenvalue weighted by molar-refractivity contribution is 5.89. The summed E-state index contributed by atoms with van der Waals surface area (Å²) in [5, 5.41) is 0. The number of carbonyl (C=O) groups is 2. The lowest BCUT2D eigenvalue weighted by Crippen LogP contribution is -2.37. The Labute approximate surface area is 86.8 Å². The molecule has 1 aromatic carbocycles. The molecule has 0 radical (unpaired) electrons. The maximum absolute atomic E-state index is 11.4. The Balaban J connectivity index is 1.80. The Hall–Kier alpha value is -1.84. The summed E-state index contributed by atoms with van der Waals surface area (Å²) >= 11 is 0. The van der Waals surface area contributed by atoms with E-state index in [-0.39, 0.29) is 18.7 Å². The number of carbonyl (C=O) groups excluding carboxylic acids is 2. The molecule has 0 saturated carbocycles. The van der Waals surface area contributed by atoms with E-state index in [1.165, 1.54) is 0 Å². The van der Waals surface area contributed by atoms with Crippen LogP contribution in [-0.4, -0.2) is 24.6 Å². The number of cyclic esters (lactones) is 1. The van der Waals surface area contributed by atoms with Crippen LogP contribution in [0.1, 0.15) is 16.8 Å². The topological polar surface area (TPSA) is 52.6 Å². The van der Waals surface area contributed by atoms with Crippen molar-refractivity contribution < 1.29 is 19.1 Å². The van der Waals surface area contributed by atoms with Crippen molar-refractivity contribution >= 4 is 11.9 Å². The first-order chi connectivity index (χ1) is 7.25. The van der Waals surface area contributed by atoms with Crippen molar-refractivity contribution in [2.75, 3.05) is 6.61 Å². The van der Waals surface area contributed by atoms with Gasteiger partial charge in [0.15, 0.2) is 0 Å². The monoisotopic (exact) mass is 206 g/mol. The normalized spacial score (nSPS) is 18.9. The zero-order valence-corrected chi connectivity index (χ0v) is 8.01. The quantitative estimate of drug-likeness (QED) is 0.696. The van der Waals surface area contributed by atoms with Crippen LogP contribution in [0.3, 0.4) is 0 Å². The molecule has 15 heavy (non-hydrogen) atoms. The fourth-order valence-electron chi connectivity index (χ4n) is 1.28. The summed E-state index contributed by atoms with van der Waals surface area (Å²) in [4.78, 5) is 21.9. The minimum atomic E-state index is -0.390. The van der Waals surface area contributed by atoms with Gasteiger partial charge < -0.3 is 9.47 Å². The van der Waals surface area contributed by atoms with E-state index in [1.807, 2.05) is 6.07 Å². The van der Waals surface area contributed by atoms with Gasteiger partial charge in [0.2, 0.25) is 0 Å². The molecule has 4 heteroatoms. The summed E-state index contributed by atoms with van der Waals surface area (Å²) in [6, 6.07) is 8.70. The van der Waals surface area contributed by atoms with Gasteiger partial charge in [-0.15, -0.1) is 0 Å². The summed E-state index contributed by atoms with van der Waals surface area (Å²) in [6.07, 6.45) is 0.0763. The van der Waals surface area contributed by atoms with Crippen molar-refractivity contribution in [3.8, 4) is 0 Å². The summed E-state index contributed by atoms with van der Waals surface area (Å²) < 4.78 is 9.67. The van der Waals surface area contributed by atoms with Gasteiger partial charge in [-0.1, -0.05) is 18.2 Å². The molecule has 2 rings (SSSR count). The molecule has 1 atom stereocenters. The second-order valence-corrected chi connectivity index (χ2v) is 3.28. The van der Waals surface area contributed by atoms with E-state index in [2.05, 4.69) is 0 Å². The lowest BCUT2D eigenvalue weighted by molar-refractivity contribution is -0.173. The van der Waals surface area contributed by atoms with Crippen molar-refractivity contribution in [1.29, 1.82) is 0 Å². The number of hydrogen-bond acceptors (Lipinski definition) is 4. The third kappa shape index (κ3) is 2.34. The SMILES string of the molecule is O=C1C[C@@H](COC(=O)c2ccccc2)O1. The third-order valence-corrected chi connectivity index (χ3v) is 2.10. The molecule has 0 N–H and O–H groups in total. The number of benzene rings is 1. The molecular weight excluding hydrogens is 196 g/mol. The molecule has 1 saturated heterocycles. The summed E-state index contributed by atoms with van der Waals surface area (Å²) in [6.45, 7) is 0.138. The van der Waals surface area contributed by atoms with E-state index in [4.69, 9.17) is 9.47 Å². The molecule has 1 aliphatic rings. The summed E-state index contributed by atoms with van der Waals surface area (Å²) in [5.41, 5.74) is 0.503. The Morgan fingerprint density at radius 1 is 1.40 bits per heavy atom. The van der Waals surface area contributed by atoms with Crippen LogP contribution in [0.5, 0.6) is 0 Å². The largest absolute Gasteiger partial charge is 0.458 e. The first-order valence-electron chi connectivity index (χ1n) is 4.67. The predicted molar refractivity (Wildman–Crippen MR) is 51.2 cm³/mol. The fraction of sp³-hybridized carbons (Fsp3) is 0.273. The van der Waals surface area contributed by atoms with Crippen molar-refractivity contribution in [3.63, 3.8) is 0 Å². The minimum absolute atomic E-state index is 0.138. The molecule has 0 bridgehead atoms. The summed E-state index contributed by atoms with van der Waals surface area (Å²) in [5.74, 6) is -0.630. The molecular formula is C11H10O4. The van der Waals surface area contributed by atoms with Gasteiger partial charge in [0.05, 0.1) is 12.0 Å². The molecule has 0 aliphatic carbocycles. The first-order valence-corrected chi connectivity index (χ1v) is 4.67. The molecule has 78 valence electrons. The lowest BCUT2D eigenvalue weighted by atomic mass is 10.2. The van der Waals surface area contributed by atoms with Crippen molar-refractivity contribution in [2.24, 2.45) is 0 Å². The van der Waals surface area contributed by atoms with Gasteiger partial charge >= 0.3 is 11.9 Å². The van der Waals surface area contributed by atoms with Gasteiger partial charge in [-0.2, -0.15) is 0 Å². The van der Waals surface area contributed by atoms with E-state index in [9.17, 15) is 9.59 Å². The Bertz CT molecular complexity index is 363. The Kier molecular flexibility index (Phi) is 2.67. The Morgan fingerprint density at radius 2 is 2.07 bits per heavy atom. The van der Waals surface area contributed by atoms with E-state index in [0.29, 0.717) is 12.0 Å². The third-order valence-electron chi connectivity index (χ3n) is 2.10. The van der Waals surface area contributed by atoms with Gasteiger partial charge in [0.25, 0.3) is 0 Å². The van der Waals surface area contributed by atoms with Crippen LogP contribution >= 0.6 is 0 Å². The highest BCUT2D eigenvalue weighted by Gasteiger charge is 2.29. The Morgan fingerprint density at radius 3 is 2.67 bits per heavy atom. The van der Waals surface area contributed by atoms with E-state index >= 15 is 0 Å². The van der Waals surface area contributed by atoms with Crippen molar-refractivity contribution in [3.05, 3.63) is 35.9 Å². The smallest absolute Gasteiger partial charge is 0.338 e. The molecule has 1 fully saturated rings. The second kappa shape index (κ2) is 4.13. The number of rotatable bonds is 3. The zero-order chi connectivity index (χ0) is 10.7. The van der Waals surface area contributed by atoms with Gasteiger partial charge in [0, 0.05) is 0 Å². The van der Waals surface area contributed by atoms with Crippen molar-refractivity contribution in [1.82, 2.24) is 0 Å². The molecule has 1 aromatic rings. The van der Waals surface area contributed by atoms with Gasteiger partial charge in [-0.25, -0.2) is 4.79 Å². The predicted octanol–water partition coefficient (Wildman–Crippen LogP) is 1.16. The highest BCUT2D eigenvalue weighted by Crippen LogP contribution is 2.13. The highest BCUT2D eigenvalue weighted by atomic mass is 16.6. The maximum Gasteiger partial charge on any atom is 0.338 e. The van der Waals surface area contributed by atoms with Crippen LogP contribution in [0.15, 0.2) is 30.3 Å². The molecule has 4 nitrogen and oxygen atoms in total. The second-order valence-electron chi connectivity index (χ2n) is 3.28. The first kappa shape index (κ1) is 9.71. The van der Waals surface area contributed by atoms with Crippen LogP contribution in [-0.2, 0) is 14.3 Å². The summed E-state index contributed by atoms with van der Waals surface area (Å²) in [7, 11) is 0. The molecule has 0 spiro atoms. The molecule has 0 amide bonds. The number of ether oxygens (including phenoxy) is 2. The van der Waals surface area contributed by atoms with Crippen LogP contribution in [0.4, 0.5) is 0 Å². The fourth-order valence-corrected chi connectivity index (χ4v) is 1.28. The van der Waals surface area contributed by atoms with Gasteiger partial charge in [0.1, 0.15) is 12.7 Å². The van der Waals surface area contributed by atoms with Crippen LogP contribution < -0.4 is 0 Å². The van der Waals surface area contributed by atoms with Crippen LogP contribution in [0.25, 0.3) is 0 Å². The molecule has 0 unspecified atom stereocenters. The van der Waals surface area contributed by atoms with E-state index in [0.717, 1.165) is 0 Å². The van der Waals surface area contributed by atoms with E-state index in [1.54, 1.807) is 24.3 Å². The van der Waals surface area contributed by atoms with Gasteiger partial charge in [-0.3, -0.25) is 4.79 Å². The van der Waals surface area contributed by atoms with Crippen LogP contribution in [0, 0.1) is 0 Å². The van der Waals surface area contributed by atoms with Crippen LogP contribution in [0.2, 0.25) is 0 Å².